The SMILES string of the molecule is COCCCN(CC(=O)N1CCc2sccc2C1c1ccc(C)cc1)C(=O)N(C)C. The largest absolute Gasteiger partial charge is 0.385 e. The molecule has 0 aliphatic carbocycles. The van der Waals surface area contributed by atoms with Crippen LogP contribution in [0.15, 0.2) is 35.7 Å². The van der Waals surface area contributed by atoms with Crippen molar-refractivity contribution >= 4 is 23.3 Å². The molecule has 1 aromatic heterocycles. The van der Waals surface area contributed by atoms with Crippen molar-refractivity contribution in [1.29, 1.82) is 0 Å². The summed E-state index contributed by atoms with van der Waals surface area (Å²) in [4.78, 5) is 32.5. The van der Waals surface area contributed by atoms with Gasteiger partial charge in [0.05, 0.1) is 6.04 Å². The minimum absolute atomic E-state index is 0.0231. The van der Waals surface area contributed by atoms with Gasteiger partial charge in [-0.3, -0.25) is 4.79 Å². The molecule has 0 saturated heterocycles. The standard InChI is InChI=1S/C23H31N3O3S/c1-17-6-8-18(9-7-17)22-19-11-15-30-20(19)10-13-26(22)21(27)16-25(12-5-14-29-4)23(28)24(2)3/h6-9,11,15,22H,5,10,12-14,16H2,1-4H3. The zero-order valence-electron chi connectivity index (χ0n) is 18.3. The number of aryl methyl sites for hydroxylation is 1. The maximum absolute atomic E-state index is 13.4. The fraction of sp³-hybridized carbons (Fsp3) is 0.478. The van der Waals surface area contributed by atoms with Crippen LogP contribution in [0.5, 0.6) is 0 Å². The van der Waals surface area contributed by atoms with E-state index in [4.69, 9.17) is 4.74 Å². The lowest BCUT2D eigenvalue weighted by Gasteiger charge is -2.38. The smallest absolute Gasteiger partial charge is 0.319 e. The summed E-state index contributed by atoms with van der Waals surface area (Å²) in [6.45, 7) is 3.84. The Kier molecular flexibility index (Phi) is 7.50. The molecule has 1 unspecified atom stereocenters. The number of thiophene rings is 1. The van der Waals surface area contributed by atoms with Crippen molar-refractivity contribution in [2.75, 3.05) is 47.4 Å². The molecule has 1 aromatic carbocycles. The van der Waals surface area contributed by atoms with Crippen molar-refractivity contribution in [2.45, 2.75) is 25.8 Å². The van der Waals surface area contributed by atoms with E-state index >= 15 is 0 Å². The van der Waals surface area contributed by atoms with Crippen molar-refractivity contribution in [2.24, 2.45) is 0 Å². The summed E-state index contributed by atoms with van der Waals surface area (Å²) in [6, 6.07) is 10.3. The van der Waals surface area contributed by atoms with Gasteiger partial charge in [0.25, 0.3) is 0 Å². The van der Waals surface area contributed by atoms with Crippen molar-refractivity contribution in [3.8, 4) is 0 Å². The Labute approximate surface area is 183 Å². The Balaban J connectivity index is 1.84. The number of carbonyl (C=O) groups is 2. The van der Waals surface area contributed by atoms with E-state index in [2.05, 4.69) is 42.6 Å². The highest BCUT2D eigenvalue weighted by atomic mass is 32.1. The van der Waals surface area contributed by atoms with Gasteiger partial charge in [0, 0.05) is 45.8 Å². The van der Waals surface area contributed by atoms with E-state index in [-0.39, 0.29) is 24.5 Å². The van der Waals surface area contributed by atoms with Crippen LogP contribution in [0, 0.1) is 6.92 Å². The third-order valence-corrected chi connectivity index (χ3v) is 6.43. The molecule has 7 heteroatoms. The first-order valence-electron chi connectivity index (χ1n) is 10.3. The zero-order valence-corrected chi connectivity index (χ0v) is 19.1. The van der Waals surface area contributed by atoms with Gasteiger partial charge in [-0.15, -0.1) is 11.3 Å². The predicted octanol–water partition coefficient (Wildman–Crippen LogP) is 3.55. The first-order valence-corrected chi connectivity index (χ1v) is 11.2. The number of hydrogen-bond donors (Lipinski definition) is 0. The first-order chi connectivity index (χ1) is 14.4. The van der Waals surface area contributed by atoms with Gasteiger partial charge in [0.2, 0.25) is 5.91 Å². The van der Waals surface area contributed by atoms with Crippen LogP contribution in [0.25, 0.3) is 0 Å². The molecule has 1 aliphatic heterocycles. The summed E-state index contributed by atoms with van der Waals surface area (Å²) in [5.74, 6) is -0.0231. The van der Waals surface area contributed by atoms with E-state index in [1.165, 1.54) is 20.9 Å². The van der Waals surface area contributed by atoms with Gasteiger partial charge in [0.1, 0.15) is 6.54 Å². The van der Waals surface area contributed by atoms with Crippen LogP contribution in [0.3, 0.4) is 0 Å². The second-order valence-corrected chi connectivity index (χ2v) is 8.90. The average Bonchev–Trinajstić information content (AvgIpc) is 3.21. The molecule has 3 amide bonds. The molecule has 0 radical (unpaired) electrons. The number of rotatable bonds is 7. The summed E-state index contributed by atoms with van der Waals surface area (Å²) >= 11 is 1.75. The van der Waals surface area contributed by atoms with Gasteiger partial charge in [-0.25, -0.2) is 4.79 Å². The second-order valence-electron chi connectivity index (χ2n) is 7.89. The fourth-order valence-corrected chi connectivity index (χ4v) is 4.78. The summed E-state index contributed by atoms with van der Waals surface area (Å²) in [5, 5.41) is 2.10. The molecule has 0 saturated carbocycles. The number of amides is 3. The highest BCUT2D eigenvalue weighted by molar-refractivity contribution is 7.10. The fourth-order valence-electron chi connectivity index (χ4n) is 3.87. The third kappa shape index (κ3) is 5.02. The molecular formula is C23H31N3O3S. The molecule has 0 spiro atoms. The highest BCUT2D eigenvalue weighted by Gasteiger charge is 2.34. The van der Waals surface area contributed by atoms with Crippen molar-refractivity contribution in [3.63, 3.8) is 0 Å². The normalized spacial score (nSPS) is 15.6. The summed E-state index contributed by atoms with van der Waals surface area (Å²) < 4.78 is 5.12. The maximum atomic E-state index is 13.4. The average molecular weight is 430 g/mol. The van der Waals surface area contributed by atoms with Crippen LogP contribution in [-0.4, -0.2) is 74.1 Å². The summed E-state index contributed by atoms with van der Waals surface area (Å²) in [5.41, 5.74) is 3.50. The van der Waals surface area contributed by atoms with E-state index in [9.17, 15) is 9.59 Å². The molecule has 0 bridgehead atoms. The van der Waals surface area contributed by atoms with Crippen molar-refractivity contribution < 1.29 is 14.3 Å². The molecule has 1 aliphatic rings. The topological polar surface area (TPSA) is 53.1 Å². The molecule has 30 heavy (non-hydrogen) atoms. The lowest BCUT2D eigenvalue weighted by Crippen LogP contribution is -2.49. The molecule has 0 N–H and O–H groups in total. The third-order valence-electron chi connectivity index (χ3n) is 5.44. The van der Waals surface area contributed by atoms with E-state index in [0.717, 1.165) is 12.0 Å². The molecule has 162 valence electrons. The number of ether oxygens (including phenoxy) is 1. The predicted molar refractivity (Wildman–Crippen MR) is 120 cm³/mol. The summed E-state index contributed by atoms with van der Waals surface area (Å²) in [6.07, 6.45) is 1.55. The van der Waals surface area contributed by atoms with Crippen LogP contribution >= 0.6 is 11.3 Å². The van der Waals surface area contributed by atoms with Crippen LogP contribution in [0.1, 0.15) is 34.0 Å². The summed E-state index contributed by atoms with van der Waals surface area (Å²) in [7, 11) is 5.06. The number of hydrogen-bond acceptors (Lipinski definition) is 4. The Morgan fingerprint density at radius 2 is 1.93 bits per heavy atom. The van der Waals surface area contributed by atoms with Gasteiger partial charge >= 0.3 is 6.03 Å². The molecule has 2 heterocycles. The number of carbonyl (C=O) groups excluding carboxylic acids is 2. The molecular weight excluding hydrogens is 398 g/mol. The number of nitrogens with zero attached hydrogens (tertiary/aromatic N) is 3. The minimum Gasteiger partial charge on any atom is -0.385 e. The van der Waals surface area contributed by atoms with E-state index in [1.54, 1.807) is 37.4 Å². The number of urea groups is 1. The van der Waals surface area contributed by atoms with Gasteiger partial charge in [-0.1, -0.05) is 29.8 Å². The van der Waals surface area contributed by atoms with Gasteiger partial charge in [-0.2, -0.15) is 0 Å². The Hall–Kier alpha value is -2.38. The number of methoxy groups -OCH3 is 1. The number of benzene rings is 1. The van der Waals surface area contributed by atoms with Gasteiger partial charge in [0.15, 0.2) is 0 Å². The lowest BCUT2D eigenvalue weighted by molar-refractivity contribution is -0.134. The monoisotopic (exact) mass is 429 g/mol. The number of fused-ring (bicyclic) bond motifs is 1. The molecule has 3 rings (SSSR count). The van der Waals surface area contributed by atoms with Crippen molar-refractivity contribution in [3.05, 3.63) is 57.3 Å². The second kappa shape index (κ2) is 10.1. The van der Waals surface area contributed by atoms with Gasteiger partial charge in [-0.05, 0) is 42.3 Å². The van der Waals surface area contributed by atoms with Crippen LogP contribution in [0.4, 0.5) is 4.79 Å². The Morgan fingerprint density at radius 3 is 2.60 bits per heavy atom. The van der Waals surface area contributed by atoms with Gasteiger partial charge < -0.3 is 19.4 Å². The minimum atomic E-state index is -0.153. The van der Waals surface area contributed by atoms with E-state index in [1.807, 2.05) is 4.90 Å². The Morgan fingerprint density at radius 1 is 1.20 bits per heavy atom. The zero-order chi connectivity index (χ0) is 21.7. The molecule has 0 fully saturated rings. The van der Waals surface area contributed by atoms with Crippen molar-refractivity contribution in [1.82, 2.24) is 14.7 Å². The molecule has 2 aromatic rings. The highest BCUT2D eigenvalue weighted by Crippen LogP contribution is 2.37. The molecule has 1 atom stereocenters. The first kappa shape index (κ1) is 22.3. The van der Waals surface area contributed by atoms with Crippen LogP contribution < -0.4 is 0 Å². The quantitative estimate of drug-likeness (QED) is 0.633. The maximum Gasteiger partial charge on any atom is 0.319 e. The van der Waals surface area contributed by atoms with Crippen LogP contribution in [-0.2, 0) is 16.0 Å². The van der Waals surface area contributed by atoms with Crippen LogP contribution in [0.2, 0.25) is 0 Å². The van der Waals surface area contributed by atoms with E-state index in [0.29, 0.717) is 26.1 Å². The van der Waals surface area contributed by atoms with E-state index < -0.39 is 0 Å². The lowest BCUT2D eigenvalue weighted by atomic mass is 9.92. The molecule has 6 nitrogen and oxygen atoms in total. The Bertz CT molecular complexity index is 863.